The maximum atomic E-state index is 4.52. The number of nitrogens with zero attached hydrogens (tertiary/aromatic N) is 5. The molecule has 21 heavy (non-hydrogen) atoms. The molecule has 1 N–H and O–H groups in total. The van der Waals surface area contributed by atoms with Gasteiger partial charge in [-0.1, -0.05) is 23.8 Å². The second-order valence-electron chi connectivity index (χ2n) is 4.80. The molecule has 0 amide bonds. The van der Waals surface area contributed by atoms with Gasteiger partial charge in [0.25, 0.3) is 5.95 Å². The van der Waals surface area contributed by atoms with Gasteiger partial charge in [0.05, 0.1) is 0 Å². The number of rotatable bonds is 3. The molecule has 6 nitrogen and oxygen atoms in total. The van der Waals surface area contributed by atoms with Crippen LogP contribution in [-0.2, 0) is 0 Å². The zero-order valence-corrected chi connectivity index (χ0v) is 12.2. The fourth-order valence-electron chi connectivity index (χ4n) is 2.15. The number of benzene rings is 1. The minimum atomic E-state index is 0.495. The van der Waals surface area contributed by atoms with Crippen molar-refractivity contribution in [3.63, 3.8) is 0 Å². The quantitative estimate of drug-likeness (QED) is 0.797. The highest BCUT2D eigenvalue weighted by Gasteiger charge is 2.11. The number of hydrogen-bond acceptors (Lipinski definition) is 5. The second-order valence-corrected chi connectivity index (χ2v) is 4.80. The lowest BCUT2D eigenvalue weighted by Gasteiger charge is -2.09. The normalized spacial score (nSPS) is 10.6. The van der Waals surface area contributed by atoms with Gasteiger partial charge in [0.2, 0.25) is 5.95 Å². The van der Waals surface area contributed by atoms with Crippen molar-refractivity contribution in [1.82, 2.24) is 24.7 Å². The highest BCUT2D eigenvalue weighted by Crippen LogP contribution is 2.22. The molecule has 0 aliphatic carbocycles. The van der Waals surface area contributed by atoms with Gasteiger partial charge in [0.1, 0.15) is 0 Å². The van der Waals surface area contributed by atoms with Crippen LogP contribution >= 0.6 is 0 Å². The van der Waals surface area contributed by atoms with E-state index in [1.807, 2.05) is 12.1 Å². The van der Waals surface area contributed by atoms with Crippen molar-refractivity contribution in [3.05, 3.63) is 47.8 Å². The summed E-state index contributed by atoms with van der Waals surface area (Å²) in [6.45, 7) is 4.12. The van der Waals surface area contributed by atoms with E-state index in [1.54, 1.807) is 24.1 Å². The Labute approximate surface area is 122 Å². The highest BCUT2D eigenvalue weighted by atomic mass is 15.4. The topological polar surface area (TPSA) is 68.5 Å². The smallest absolute Gasteiger partial charge is 0.255 e. The Morgan fingerprint density at radius 3 is 2.62 bits per heavy atom. The van der Waals surface area contributed by atoms with Crippen LogP contribution in [0.5, 0.6) is 0 Å². The average molecular weight is 280 g/mol. The largest absolute Gasteiger partial charge is 0.357 e. The summed E-state index contributed by atoms with van der Waals surface area (Å²) in [5.41, 5.74) is 3.34. The third-order valence-electron chi connectivity index (χ3n) is 3.18. The Hall–Kier alpha value is -2.76. The van der Waals surface area contributed by atoms with Crippen molar-refractivity contribution in [3.8, 4) is 17.3 Å². The van der Waals surface area contributed by atoms with Crippen LogP contribution in [0.1, 0.15) is 11.1 Å². The fraction of sp³-hybridized carbons (Fsp3) is 0.200. The van der Waals surface area contributed by atoms with Gasteiger partial charge in [0, 0.05) is 25.0 Å². The summed E-state index contributed by atoms with van der Waals surface area (Å²) in [6, 6.07) is 8.04. The molecule has 0 fully saturated rings. The zero-order valence-electron chi connectivity index (χ0n) is 12.2. The monoisotopic (exact) mass is 280 g/mol. The number of nitrogens with one attached hydrogen (secondary N) is 1. The Bertz CT molecular complexity index is 764. The molecule has 0 saturated carbocycles. The Kier molecular flexibility index (Phi) is 3.35. The van der Waals surface area contributed by atoms with E-state index in [-0.39, 0.29) is 0 Å². The molecule has 106 valence electrons. The van der Waals surface area contributed by atoms with Crippen molar-refractivity contribution >= 4 is 5.95 Å². The van der Waals surface area contributed by atoms with Gasteiger partial charge in [0.15, 0.2) is 5.82 Å². The Balaban J connectivity index is 2.16. The van der Waals surface area contributed by atoms with Crippen molar-refractivity contribution in [1.29, 1.82) is 0 Å². The maximum Gasteiger partial charge on any atom is 0.255 e. The molecule has 0 spiro atoms. The summed E-state index contributed by atoms with van der Waals surface area (Å²) in [4.78, 5) is 13.3. The van der Waals surface area contributed by atoms with Crippen LogP contribution < -0.4 is 5.32 Å². The van der Waals surface area contributed by atoms with E-state index >= 15 is 0 Å². The summed E-state index contributed by atoms with van der Waals surface area (Å²) < 4.78 is 1.62. The molecule has 0 atom stereocenters. The predicted molar refractivity (Wildman–Crippen MR) is 81.4 cm³/mol. The van der Waals surface area contributed by atoms with Crippen molar-refractivity contribution in [2.45, 2.75) is 13.8 Å². The van der Waals surface area contributed by atoms with Crippen LogP contribution in [0.2, 0.25) is 0 Å². The molecule has 0 bridgehead atoms. The number of aryl methyl sites for hydroxylation is 2. The van der Waals surface area contributed by atoms with Gasteiger partial charge in [-0.3, -0.25) is 0 Å². The van der Waals surface area contributed by atoms with Crippen molar-refractivity contribution in [2.75, 3.05) is 12.4 Å². The SMILES string of the molecule is CNc1nc(-c2ccc(C)cc2C)nc(-n2cccn2)n1. The predicted octanol–water partition coefficient (Wildman–Crippen LogP) is 2.38. The van der Waals surface area contributed by atoms with E-state index < -0.39 is 0 Å². The Morgan fingerprint density at radius 2 is 1.95 bits per heavy atom. The summed E-state index contributed by atoms with van der Waals surface area (Å²) in [5.74, 6) is 1.65. The third kappa shape index (κ3) is 2.60. The molecule has 0 aliphatic heterocycles. The van der Waals surface area contributed by atoms with Gasteiger partial charge < -0.3 is 5.32 Å². The van der Waals surface area contributed by atoms with Crippen molar-refractivity contribution in [2.24, 2.45) is 0 Å². The lowest BCUT2D eigenvalue weighted by molar-refractivity contribution is 0.799. The van der Waals surface area contributed by atoms with Gasteiger partial charge >= 0.3 is 0 Å². The summed E-state index contributed by atoms with van der Waals surface area (Å²) in [6.07, 6.45) is 3.50. The minimum Gasteiger partial charge on any atom is -0.357 e. The molecule has 0 aliphatic rings. The molecule has 3 rings (SSSR count). The van der Waals surface area contributed by atoms with Gasteiger partial charge in [-0.15, -0.1) is 0 Å². The molecular formula is C15H16N6. The van der Waals surface area contributed by atoms with Crippen LogP contribution in [-0.4, -0.2) is 31.8 Å². The number of aromatic nitrogens is 5. The van der Waals surface area contributed by atoms with Gasteiger partial charge in [-0.2, -0.15) is 20.1 Å². The first-order valence-electron chi connectivity index (χ1n) is 6.69. The summed E-state index contributed by atoms with van der Waals surface area (Å²) >= 11 is 0. The van der Waals surface area contributed by atoms with E-state index in [2.05, 4.69) is 51.3 Å². The minimum absolute atomic E-state index is 0.495. The van der Waals surface area contributed by atoms with E-state index in [0.717, 1.165) is 11.1 Å². The van der Waals surface area contributed by atoms with E-state index in [9.17, 15) is 0 Å². The molecule has 2 heterocycles. The lowest BCUT2D eigenvalue weighted by atomic mass is 10.1. The first-order chi connectivity index (χ1) is 10.2. The highest BCUT2D eigenvalue weighted by molar-refractivity contribution is 5.62. The van der Waals surface area contributed by atoms with Crippen molar-refractivity contribution < 1.29 is 0 Å². The lowest BCUT2D eigenvalue weighted by Crippen LogP contribution is -2.08. The molecule has 0 unspecified atom stereocenters. The molecule has 0 radical (unpaired) electrons. The molecule has 2 aromatic heterocycles. The number of anilines is 1. The summed E-state index contributed by atoms with van der Waals surface area (Å²) in [7, 11) is 1.79. The van der Waals surface area contributed by atoms with Crippen LogP contribution in [0.3, 0.4) is 0 Å². The van der Waals surface area contributed by atoms with Gasteiger partial charge in [-0.05, 0) is 25.5 Å². The second kappa shape index (κ2) is 5.32. The average Bonchev–Trinajstić information content (AvgIpc) is 3.01. The van der Waals surface area contributed by atoms with E-state index in [1.165, 1.54) is 5.56 Å². The van der Waals surface area contributed by atoms with Crippen LogP contribution in [0.4, 0.5) is 5.95 Å². The number of hydrogen-bond donors (Lipinski definition) is 1. The maximum absolute atomic E-state index is 4.52. The van der Waals surface area contributed by atoms with Crippen LogP contribution in [0.25, 0.3) is 17.3 Å². The van der Waals surface area contributed by atoms with E-state index in [4.69, 9.17) is 0 Å². The molecule has 3 aromatic rings. The molecule has 6 heteroatoms. The molecule has 0 saturated heterocycles. The molecular weight excluding hydrogens is 264 g/mol. The zero-order chi connectivity index (χ0) is 14.8. The summed E-state index contributed by atoms with van der Waals surface area (Å²) in [5, 5.41) is 7.14. The van der Waals surface area contributed by atoms with Crippen LogP contribution in [0, 0.1) is 13.8 Å². The standard InChI is InChI=1S/C15H16N6/c1-10-5-6-12(11(2)9-10)13-18-14(16-3)20-15(19-13)21-8-4-7-17-21/h4-9H,1-3H3,(H,16,18,19,20). The first kappa shape index (κ1) is 13.2. The van der Waals surface area contributed by atoms with Crippen LogP contribution in [0.15, 0.2) is 36.7 Å². The first-order valence-corrected chi connectivity index (χ1v) is 6.69. The Morgan fingerprint density at radius 1 is 1.10 bits per heavy atom. The van der Waals surface area contributed by atoms with E-state index in [0.29, 0.717) is 17.7 Å². The third-order valence-corrected chi connectivity index (χ3v) is 3.18. The molecule has 1 aromatic carbocycles. The fourth-order valence-corrected chi connectivity index (χ4v) is 2.15. The van der Waals surface area contributed by atoms with Gasteiger partial charge in [-0.25, -0.2) is 4.68 Å².